The van der Waals surface area contributed by atoms with Gasteiger partial charge >= 0.3 is 0 Å². The van der Waals surface area contributed by atoms with Crippen LogP contribution in [-0.4, -0.2) is 17.9 Å². The summed E-state index contributed by atoms with van der Waals surface area (Å²) in [5.74, 6) is -0.260. The number of anilines is 2. The molecule has 24 heavy (non-hydrogen) atoms. The van der Waals surface area contributed by atoms with Gasteiger partial charge in [-0.2, -0.15) is 0 Å². The molecule has 0 saturated heterocycles. The summed E-state index contributed by atoms with van der Waals surface area (Å²) >= 11 is 1.38. The van der Waals surface area contributed by atoms with Crippen LogP contribution in [0.3, 0.4) is 0 Å². The van der Waals surface area contributed by atoms with Crippen molar-refractivity contribution >= 4 is 34.5 Å². The Bertz CT molecular complexity index is 715. The van der Waals surface area contributed by atoms with Gasteiger partial charge in [-0.3, -0.25) is 9.59 Å². The molecule has 1 aromatic heterocycles. The van der Waals surface area contributed by atoms with E-state index in [9.17, 15) is 9.59 Å². The SMILES string of the molecule is NC1CCCC(C(=O)Nc2ccccc2NC(=O)c2cccs2)C1. The van der Waals surface area contributed by atoms with Crippen LogP contribution in [0.25, 0.3) is 0 Å². The molecule has 0 bridgehead atoms. The van der Waals surface area contributed by atoms with Crippen LogP contribution in [0, 0.1) is 5.92 Å². The van der Waals surface area contributed by atoms with Gasteiger partial charge in [0.25, 0.3) is 5.91 Å². The van der Waals surface area contributed by atoms with Gasteiger partial charge in [-0.1, -0.05) is 24.6 Å². The number of para-hydroxylation sites is 2. The number of hydrogen-bond acceptors (Lipinski definition) is 4. The van der Waals surface area contributed by atoms with Gasteiger partial charge in [-0.15, -0.1) is 11.3 Å². The fourth-order valence-corrected chi connectivity index (χ4v) is 3.61. The third-order valence-corrected chi connectivity index (χ3v) is 5.13. The average Bonchev–Trinajstić information content (AvgIpc) is 3.11. The lowest BCUT2D eigenvalue weighted by Crippen LogP contribution is -2.34. The molecule has 2 amide bonds. The van der Waals surface area contributed by atoms with Crippen LogP contribution in [0.15, 0.2) is 41.8 Å². The molecule has 1 heterocycles. The van der Waals surface area contributed by atoms with Crippen LogP contribution >= 0.6 is 11.3 Å². The van der Waals surface area contributed by atoms with Gasteiger partial charge in [-0.25, -0.2) is 0 Å². The molecule has 1 aromatic carbocycles. The van der Waals surface area contributed by atoms with Gasteiger partial charge in [0.1, 0.15) is 0 Å². The minimum Gasteiger partial charge on any atom is -0.328 e. The van der Waals surface area contributed by atoms with Gasteiger partial charge in [0, 0.05) is 12.0 Å². The summed E-state index contributed by atoms with van der Waals surface area (Å²) in [5, 5.41) is 7.66. The van der Waals surface area contributed by atoms with Crippen molar-refractivity contribution in [1.29, 1.82) is 0 Å². The molecular formula is C18H21N3O2S. The topological polar surface area (TPSA) is 84.2 Å². The molecule has 1 saturated carbocycles. The highest BCUT2D eigenvalue weighted by Gasteiger charge is 2.25. The molecule has 0 spiro atoms. The maximum absolute atomic E-state index is 12.5. The van der Waals surface area contributed by atoms with Crippen molar-refractivity contribution in [2.45, 2.75) is 31.7 Å². The number of nitrogens with one attached hydrogen (secondary N) is 2. The quantitative estimate of drug-likeness (QED) is 0.795. The first-order chi connectivity index (χ1) is 11.6. The van der Waals surface area contributed by atoms with Crippen LogP contribution < -0.4 is 16.4 Å². The van der Waals surface area contributed by atoms with E-state index in [1.165, 1.54) is 11.3 Å². The number of thiophene rings is 1. The fourth-order valence-electron chi connectivity index (χ4n) is 2.99. The monoisotopic (exact) mass is 343 g/mol. The molecule has 3 rings (SSSR count). The summed E-state index contributed by atoms with van der Waals surface area (Å²) in [4.78, 5) is 25.4. The fraction of sp³-hybridized carbons (Fsp3) is 0.333. The lowest BCUT2D eigenvalue weighted by atomic mass is 9.85. The summed E-state index contributed by atoms with van der Waals surface area (Å²) in [6.45, 7) is 0. The molecule has 4 N–H and O–H groups in total. The molecule has 1 fully saturated rings. The van der Waals surface area contributed by atoms with Crippen molar-refractivity contribution in [3.8, 4) is 0 Å². The maximum atomic E-state index is 12.5. The van der Waals surface area contributed by atoms with Crippen LogP contribution in [0.1, 0.15) is 35.4 Å². The van der Waals surface area contributed by atoms with Crippen molar-refractivity contribution in [3.63, 3.8) is 0 Å². The number of carbonyl (C=O) groups excluding carboxylic acids is 2. The first-order valence-electron chi connectivity index (χ1n) is 8.14. The Labute approximate surface area is 145 Å². The standard InChI is InChI=1S/C18H21N3O2S/c19-13-6-3-5-12(11-13)17(22)20-14-7-1-2-8-15(14)21-18(23)16-9-4-10-24-16/h1-2,4,7-10,12-13H,3,5-6,11,19H2,(H,20,22)(H,21,23). The summed E-state index contributed by atoms with van der Waals surface area (Å²) in [6.07, 6.45) is 3.55. The predicted octanol–water partition coefficient (Wildman–Crippen LogP) is 3.46. The van der Waals surface area contributed by atoms with Crippen LogP contribution in [-0.2, 0) is 4.79 Å². The van der Waals surface area contributed by atoms with Crippen LogP contribution in [0.2, 0.25) is 0 Å². The van der Waals surface area contributed by atoms with Crippen LogP contribution in [0.5, 0.6) is 0 Å². The Kier molecular flexibility index (Phi) is 5.27. The van der Waals surface area contributed by atoms with Crippen molar-refractivity contribution in [3.05, 3.63) is 46.7 Å². The van der Waals surface area contributed by atoms with Crippen molar-refractivity contribution in [1.82, 2.24) is 0 Å². The molecule has 2 atom stereocenters. The highest BCUT2D eigenvalue weighted by molar-refractivity contribution is 7.12. The van der Waals surface area contributed by atoms with E-state index in [1.807, 2.05) is 23.6 Å². The molecule has 5 nitrogen and oxygen atoms in total. The Hall–Kier alpha value is -2.18. The van der Waals surface area contributed by atoms with Crippen molar-refractivity contribution < 1.29 is 9.59 Å². The predicted molar refractivity (Wildman–Crippen MR) is 97.3 cm³/mol. The van der Waals surface area contributed by atoms with Gasteiger partial charge in [0.05, 0.1) is 16.3 Å². The molecular weight excluding hydrogens is 322 g/mol. The average molecular weight is 343 g/mol. The normalized spacial score (nSPS) is 20.4. The van der Waals surface area contributed by atoms with E-state index >= 15 is 0 Å². The van der Waals surface area contributed by atoms with Gasteiger partial charge in [0.2, 0.25) is 5.91 Å². The van der Waals surface area contributed by atoms with Crippen LogP contribution in [0.4, 0.5) is 11.4 Å². The second-order valence-corrected chi connectivity index (χ2v) is 7.04. The molecule has 2 aromatic rings. The summed E-state index contributed by atoms with van der Waals surface area (Å²) in [7, 11) is 0. The number of carbonyl (C=O) groups is 2. The molecule has 126 valence electrons. The van der Waals surface area contributed by atoms with E-state index in [2.05, 4.69) is 10.6 Å². The smallest absolute Gasteiger partial charge is 0.265 e. The molecule has 6 heteroatoms. The van der Waals surface area contributed by atoms with E-state index < -0.39 is 0 Å². The van der Waals surface area contributed by atoms with Gasteiger partial charge < -0.3 is 16.4 Å². The van der Waals surface area contributed by atoms with E-state index in [0.29, 0.717) is 16.3 Å². The number of benzene rings is 1. The first-order valence-corrected chi connectivity index (χ1v) is 9.02. The Morgan fingerprint density at radius 2 is 1.79 bits per heavy atom. The molecule has 1 aliphatic rings. The third-order valence-electron chi connectivity index (χ3n) is 4.26. The second-order valence-electron chi connectivity index (χ2n) is 6.09. The van der Waals surface area contributed by atoms with E-state index in [4.69, 9.17) is 5.73 Å². The summed E-state index contributed by atoms with van der Waals surface area (Å²) in [5.41, 5.74) is 7.19. The number of rotatable bonds is 4. The zero-order valence-corrected chi connectivity index (χ0v) is 14.1. The highest BCUT2D eigenvalue weighted by Crippen LogP contribution is 2.27. The maximum Gasteiger partial charge on any atom is 0.265 e. The summed E-state index contributed by atoms with van der Waals surface area (Å²) < 4.78 is 0. The zero-order valence-electron chi connectivity index (χ0n) is 13.3. The minimum atomic E-state index is -0.175. The minimum absolute atomic E-state index is 0.0250. The largest absolute Gasteiger partial charge is 0.328 e. The van der Waals surface area contributed by atoms with E-state index in [0.717, 1.165) is 25.7 Å². The molecule has 0 radical (unpaired) electrons. The molecule has 0 aliphatic heterocycles. The van der Waals surface area contributed by atoms with Gasteiger partial charge in [0.15, 0.2) is 0 Å². The number of amides is 2. The lowest BCUT2D eigenvalue weighted by Gasteiger charge is -2.26. The third kappa shape index (κ3) is 4.01. The number of hydrogen-bond donors (Lipinski definition) is 3. The molecule has 2 unspecified atom stereocenters. The molecule has 1 aliphatic carbocycles. The van der Waals surface area contributed by atoms with E-state index in [1.54, 1.807) is 18.2 Å². The van der Waals surface area contributed by atoms with Crippen molar-refractivity contribution in [2.75, 3.05) is 10.6 Å². The second kappa shape index (κ2) is 7.59. The number of nitrogens with two attached hydrogens (primary N) is 1. The summed E-state index contributed by atoms with van der Waals surface area (Å²) in [6, 6.07) is 10.9. The van der Waals surface area contributed by atoms with E-state index in [-0.39, 0.29) is 23.8 Å². The van der Waals surface area contributed by atoms with Crippen molar-refractivity contribution in [2.24, 2.45) is 11.7 Å². The highest BCUT2D eigenvalue weighted by atomic mass is 32.1. The Balaban J connectivity index is 1.69. The first kappa shape index (κ1) is 16.7. The van der Waals surface area contributed by atoms with Gasteiger partial charge in [-0.05, 0) is 42.8 Å². The zero-order chi connectivity index (χ0) is 16.9. The Morgan fingerprint density at radius 1 is 1.04 bits per heavy atom. The lowest BCUT2D eigenvalue weighted by molar-refractivity contribution is -0.120. The Morgan fingerprint density at radius 3 is 2.46 bits per heavy atom.